The van der Waals surface area contributed by atoms with Gasteiger partial charge >= 0.3 is 0 Å². The molecule has 0 fully saturated rings. The molecule has 0 aliphatic heterocycles. The van der Waals surface area contributed by atoms with Crippen molar-refractivity contribution in [2.75, 3.05) is 12.8 Å². The maximum absolute atomic E-state index is 12.1. The summed E-state index contributed by atoms with van der Waals surface area (Å²) in [6, 6.07) is 1.81. The summed E-state index contributed by atoms with van der Waals surface area (Å²) in [6.45, 7) is 0.660. The Balaban J connectivity index is 2.17. The summed E-state index contributed by atoms with van der Waals surface area (Å²) in [4.78, 5) is 15.1. The van der Waals surface area contributed by atoms with Gasteiger partial charge in [-0.1, -0.05) is 0 Å². The Labute approximate surface area is 119 Å². The van der Waals surface area contributed by atoms with Crippen LogP contribution in [0.2, 0.25) is 0 Å². The van der Waals surface area contributed by atoms with Crippen LogP contribution < -0.4 is 10.3 Å². The van der Waals surface area contributed by atoms with Crippen molar-refractivity contribution in [3.05, 3.63) is 26.6 Å². The Morgan fingerprint density at radius 1 is 1.53 bits per heavy atom. The van der Waals surface area contributed by atoms with Crippen molar-refractivity contribution in [1.82, 2.24) is 14.3 Å². The number of hydrogen-bond acceptors (Lipinski definition) is 5. The minimum atomic E-state index is -3.19. The van der Waals surface area contributed by atoms with E-state index in [1.807, 2.05) is 11.4 Å². The lowest BCUT2D eigenvalue weighted by Crippen LogP contribution is -2.26. The summed E-state index contributed by atoms with van der Waals surface area (Å²) in [5.74, 6) is 0. The Morgan fingerprint density at radius 2 is 2.26 bits per heavy atom. The summed E-state index contributed by atoms with van der Waals surface area (Å²) in [6.07, 6.45) is 1.60. The molecule has 19 heavy (non-hydrogen) atoms. The number of nitrogens with one attached hydrogen (secondary N) is 2. The van der Waals surface area contributed by atoms with E-state index in [1.54, 1.807) is 0 Å². The minimum Gasteiger partial charge on any atom is -0.331 e. The van der Waals surface area contributed by atoms with Crippen molar-refractivity contribution >= 4 is 43.8 Å². The van der Waals surface area contributed by atoms with Crippen LogP contribution in [0.15, 0.2) is 16.2 Å². The van der Waals surface area contributed by atoms with Crippen LogP contribution in [0.3, 0.4) is 0 Å². The van der Waals surface area contributed by atoms with Gasteiger partial charge in [-0.15, -0.1) is 11.3 Å². The van der Waals surface area contributed by atoms with Crippen LogP contribution in [-0.4, -0.2) is 30.8 Å². The lowest BCUT2D eigenvalue weighted by atomic mass is 10.4. The highest BCUT2D eigenvalue weighted by atomic mass is 32.2. The fraction of sp³-hybridized carbons (Fsp3) is 0.400. The molecule has 0 saturated heterocycles. The molecule has 0 aliphatic carbocycles. The molecule has 0 radical (unpaired) electrons. The molecule has 0 aliphatic rings. The van der Waals surface area contributed by atoms with E-state index in [9.17, 15) is 13.2 Å². The van der Waals surface area contributed by atoms with E-state index < -0.39 is 10.0 Å². The zero-order valence-corrected chi connectivity index (χ0v) is 12.6. The molecule has 2 heterocycles. The van der Waals surface area contributed by atoms with Crippen molar-refractivity contribution in [1.29, 1.82) is 0 Å². The lowest BCUT2D eigenvalue weighted by Gasteiger charge is -2.06. The average Bonchev–Trinajstić information content (AvgIpc) is 2.74. The molecular weight excluding hydrogens is 306 g/mol. The molecule has 0 unspecified atom stereocenters. The molecule has 0 aromatic carbocycles. The van der Waals surface area contributed by atoms with Crippen LogP contribution in [0.5, 0.6) is 0 Å². The topological polar surface area (TPSA) is 84.0 Å². The smallest absolute Gasteiger partial charge is 0.272 e. The zero-order valence-electron chi connectivity index (χ0n) is 10.2. The number of aromatic nitrogens is 2. The van der Waals surface area contributed by atoms with Crippen molar-refractivity contribution < 1.29 is 8.42 Å². The van der Waals surface area contributed by atoms with Crippen LogP contribution in [0.4, 0.5) is 0 Å². The van der Waals surface area contributed by atoms with Crippen LogP contribution in [0.1, 0.15) is 6.42 Å². The van der Waals surface area contributed by atoms with Crippen LogP contribution in [-0.2, 0) is 16.6 Å². The number of nitrogens with zero attached hydrogens (tertiary/aromatic N) is 1. The lowest BCUT2D eigenvalue weighted by molar-refractivity contribution is 0.569. The third-order valence-electron chi connectivity index (χ3n) is 2.51. The number of hydrogen-bond donors (Lipinski definition) is 2. The second-order valence-corrected chi connectivity index (χ2v) is 7.21. The molecule has 2 N–H and O–H groups in total. The third-order valence-corrected chi connectivity index (χ3v) is 4.47. The highest BCUT2D eigenvalue weighted by Gasteiger charge is 2.07. The molecular formula is C10H13N3O3S3. The number of rotatable bonds is 5. The highest BCUT2D eigenvalue weighted by Crippen LogP contribution is 2.13. The monoisotopic (exact) mass is 319 g/mol. The van der Waals surface area contributed by atoms with Crippen LogP contribution in [0, 0.1) is 4.77 Å². The number of aromatic amines is 1. The second-order valence-electron chi connectivity index (χ2n) is 4.07. The Bertz CT molecular complexity index is 801. The van der Waals surface area contributed by atoms with E-state index in [0.717, 1.165) is 11.8 Å². The molecule has 0 atom stereocenters. The summed E-state index contributed by atoms with van der Waals surface area (Å²) >= 11 is 6.49. The first-order valence-electron chi connectivity index (χ1n) is 5.53. The molecule has 0 saturated carbocycles. The first-order chi connectivity index (χ1) is 8.88. The molecule has 6 nitrogen and oxygen atoms in total. The van der Waals surface area contributed by atoms with Gasteiger partial charge in [-0.3, -0.25) is 9.36 Å². The molecule has 104 valence electrons. The number of sulfonamides is 1. The van der Waals surface area contributed by atoms with Crippen LogP contribution >= 0.6 is 23.6 Å². The number of thiophene rings is 1. The zero-order chi connectivity index (χ0) is 14.0. The van der Waals surface area contributed by atoms with E-state index in [0.29, 0.717) is 22.4 Å². The van der Waals surface area contributed by atoms with Gasteiger partial charge in [0.1, 0.15) is 4.70 Å². The van der Waals surface area contributed by atoms with Gasteiger partial charge in [0, 0.05) is 13.1 Å². The first kappa shape index (κ1) is 14.4. The van der Waals surface area contributed by atoms with Gasteiger partial charge in [0.15, 0.2) is 4.77 Å². The minimum absolute atomic E-state index is 0.131. The summed E-state index contributed by atoms with van der Waals surface area (Å²) in [7, 11) is -3.19. The van der Waals surface area contributed by atoms with Gasteiger partial charge < -0.3 is 4.98 Å². The van der Waals surface area contributed by atoms with Gasteiger partial charge in [-0.05, 0) is 30.1 Å². The highest BCUT2D eigenvalue weighted by molar-refractivity contribution is 7.88. The predicted octanol–water partition coefficient (Wildman–Crippen LogP) is 1.06. The molecule has 2 aromatic heterocycles. The predicted molar refractivity (Wildman–Crippen MR) is 78.7 cm³/mol. The van der Waals surface area contributed by atoms with E-state index in [4.69, 9.17) is 12.2 Å². The standard InChI is InChI=1S/C10H13N3O3S3/c1-19(15,16)11-4-2-5-13-9(14)8-7(3-6-18-8)12-10(13)17/h3,6,11H,2,4-5H2,1H3,(H,12,17). The number of fused-ring (bicyclic) bond motifs is 1. The molecule has 0 spiro atoms. The van der Waals surface area contributed by atoms with Crippen LogP contribution in [0.25, 0.3) is 10.2 Å². The average molecular weight is 319 g/mol. The van der Waals surface area contributed by atoms with E-state index in [1.165, 1.54) is 15.9 Å². The van der Waals surface area contributed by atoms with Gasteiger partial charge in [0.2, 0.25) is 10.0 Å². The van der Waals surface area contributed by atoms with Gasteiger partial charge in [-0.2, -0.15) is 0 Å². The maximum Gasteiger partial charge on any atom is 0.272 e. The Kier molecular flexibility index (Phi) is 4.19. The summed E-state index contributed by atoms with van der Waals surface area (Å²) < 4.78 is 26.6. The van der Waals surface area contributed by atoms with Crippen molar-refractivity contribution in [3.8, 4) is 0 Å². The molecule has 9 heteroatoms. The van der Waals surface area contributed by atoms with Crippen molar-refractivity contribution in [3.63, 3.8) is 0 Å². The Hall–Kier alpha value is -1.03. The maximum atomic E-state index is 12.1. The largest absolute Gasteiger partial charge is 0.331 e. The van der Waals surface area contributed by atoms with Crippen molar-refractivity contribution in [2.45, 2.75) is 13.0 Å². The second kappa shape index (κ2) is 5.53. The quantitative estimate of drug-likeness (QED) is 0.637. The molecule has 0 amide bonds. The summed E-state index contributed by atoms with van der Waals surface area (Å²) in [5, 5.41) is 1.83. The Morgan fingerprint density at radius 3 is 2.95 bits per heavy atom. The van der Waals surface area contributed by atoms with Crippen molar-refractivity contribution in [2.24, 2.45) is 0 Å². The van der Waals surface area contributed by atoms with Gasteiger partial charge in [-0.25, -0.2) is 13.1 Å². The fourth-order valence-electron chi connectivity index (χ4n) is 1.67. The van der Waals surface area contributed by atoms with Gasteiger partial charge in [0.25, 0.3) is 5.56 Å². The first-order valence-corrected chi connectivity index (χ1v) is 8.71. The third kappa shape index (κ3) is 3.50. The summed E-state index contributed by atoms with van der Waals surface area (Å²) in [5.41, 5.74) is 0.610. The van der Waals surface area contributed by atoms with E-state index in [-0.39, 0.29) is 12.1 Å². The SMILES string of the molecule is CS(=O)(=O)NCCCn1c(=S)[nH]c2ccsc2c1=O. The van der Waals surface area contributed by atoms with Gasteiger partial charge in [0.05, 0.1) is 11.8 Å². The molecule has 0 bridgehead atoms. The molecule has 2 aromatic rings. The van der Waals surface area contributed by atoms with E-state index >= 15 is 0 Å². The number of H-pyrrole nitrogens is 1. The fourth-order valence-corrected chi connectivity index (χ4v) is 3.27. The van der Waals surface area contributed by atoms with E-state index in [2.05, 4.69) is 9.71 Å². The normalized spacial score (nSPS) is 12.1. The molecule has 2 rings (SSSR count).